The maximum atomic E-state index is 6.53. The molecule has 0 aliphatic carbocycles. The minimum atomic E-state index is -0.392. The van der Waals surface area contributed by atoms with Crippen LogP contribution in [-0.4, -0.2) is 15.7 Å². The number of halogens is 2. The largest absolute Gasteiger partial charge is 0.463 e. The summed E-state index contributed by atoms with van der Waals surface area (Å²) in [6, 6.07) is 22.3. The van der Waals surface area contributed by atoms with Crippen LogP contribution >= 0.6 is 23.2 Å². The smallest absolute Gasteiger partial charge is 0.214 e. The number of hydrogen-bond acceptors (Lipinski definition) is 4. The lowest BCUT2D eigenvalue weighted by atomic mass is 9.95. The zero-order valence-corrected chi connectivity index (χ0v) is 17.9. The van der Waals surface area contributed by atoms with Crippen LogP contribution in [0.1, 0.15) is 35.4 Å². The molecule has 2 aliphatic rings. The molecule has 3 heterocycles. The van der Waals surface area contributed by atoms with Crippen molar-refractivity contribution in [2.24, 2.45) is 5.10 Å². The van der Waals surface area contributed by atoms with Gasteiger partial charge in [0.05, 0.1) is 16.8 Å². The third-order valence-corrected chi connectivity index (χ3v) is 6.38. The number of fused-ring (bicyclic) bond motifs is 4. The van der Waals surface area contributed by atoms with Crippen LogP contribution < -0.4 is 4.74 Å². The van der Waals surface area contributed by atoms with Gasteiger partial charge in [-0.25, -0.2) is 5.01 Å². The normalized spacial score (nSPS) is 19.5. The first-order chi connectivity index (χ1) is 15.2. The molecular weight excluding hydrogens is 429 g/mol. The molecule has 6 rings (SSSR count). The average molecular weight is 446 g/mol. The molecule has 152 valence electrons. The molecule has 4 nitrogen and oxygen atoms in total. The van der Waals surface area contributed by atoms with Gasteiger partial charge in [0.2, 0.25) is 6.23 Å². The Kier molecular flexibility index (Phi) is 4.37. The van der Waals surface area contributed by atoms with E-state index in [2.05, 4.69) is 47.4 Å². The van der Waals surface area contributed by atoms with Gasteiger partial charge in [-0.2, -0.15) is 5.10 Å². The van der Waals surface area contributed by atoms with E-state index >= 15 is 0 Å². The van der Waals surface area contributed by atoms with Crippen molar-refractivity contribution in [3.05, 3.63) is 106 Å². The molecule has 0 amide bonds. The summed E-state index contributed by atoms with van der Waals surface area (Å²) < 4.78 is 6.37. The fraction of sp³-hybridized carbons (Fsp3) is 0.120. The van der Waals surface area contributed by atoms with Crippen molar-refractivity contribution in [2.45, 2.75) is 18.7 Å². The zero-order valence-electron chi connectivity index (χ0n) is 16.4. The Labute approximate surface area is 189 Å². The Bertz CT molecular complexity index is 1340. The third-order valence-electron chi connectivity index (χ3n) is 5.88. The number of hydrogen-bond donors (Lipinski definition) is 0. The second-order valence-corrected chi connectivity index (χ2v) is 8.61. The Morgan fingerprint density at radius 2 is 1.71 bits per heavy atom. The van der Waals surface area contributed by atoms with E-state index in [1.807, 2.05) is 23.2 Å². The van der Waals surface area contributed by atoms with Gasteiger partial charge in [-0.1, -0.05) is 59.6 Å². The maximum absolute atomic E-state index is 6.53. The minimum absolute atomic E-state index is 0.0143. The number of benzene rings is 3. The number of hydrazone groups is 1. The van der Waals surface area contributed by atoms with Gasteiger partial charge >= 0.3 is 0 Å². The molecule has 0 N–H and O–H groups in total. The monoisotopic (exact) mass is 445 g/mol. The summed E-state index contributed by atoms with van der Waals surface area (Å²) in [5.41, 5.74) is 4.06. The highest BCUT2D eigenvalue weighted by Crippen LogP contribution is 2.50. The van der Waals surface area contributed by atoms with Crippen LogP contribution in [0.3, 0.4) is 0 Å². The standard InChI is InChI=1S/C25H17Cl2N3O/c26-19-12-20-23-14-22(18-6-5-15-3-1-2-4-17(15)11-18)29-30(23)25(16-7-9-28-10-8-16)31-24(20)21(27)13-19/h1-13,23,25H,14H2. The molecule has 0 radical (unpaired) electrons. The highest BCUT2D eigenvalue weighted by molar-refractivity contribution is 6.35. The maximum Gasteiger partial charge on any atom is 0.214 e. The van der Waals surface area contributed by atoms with Gasteiger partial charge < -0.3 is 4.74 Å². The summed E-state index contributed by atoms with van der Waals surface area (Å²) in [5.74, 6) is 0.670. The second kappa shape index (κ2) is 7.26. The van der Waals surface area contributed by atoms with Gasteiger partial charge in [-0.05, 0) is 46.7 Å². The van der Waals surface area contributed by atoms with E-state index < -0.39 is 6.23 Å². The SMILES string of the molecule is Clc1cc(Cl)c2c(c1)C1CC(c3ccc4ccccc4c3)=NN1C(c1ccncc1)O2. The van der Waals surface area contributed by atoms with Crippen molar-refractivity contribution in [1.82, 2.24) is 9.99 Å². The van der Waals surface area contributed by atoms with Crippen LogP contribution in [0.4, 0.5) is 0 Å². The summed E-state index contributed by atoms with van der Waals surface area (Å²) in [7, 11) is 0. The van der Waals surface area contributed by atoms with Crippen LogP contribution in [0.5, 0.6) is 5.75 Å². The van der Waals surface area contributed by atoms with Crippen LogP contribution in [-0.2, 0) is 0 Å². The molecule has 6 heteroatoms. The van der Waals surface area contributed by atoms with Gasteiger partial charge in [-0.3, -0.25) is 4.98 Å². The Morgan fingerprint density at radius 3 is 2.55 bits per heavy atom. The first kappa shape index (κ1) is 18.7. The average Bonchev–Trinajstić information content (AvgIpc) is 3.25. The molecule has 1 aromatic heterocycles. The van der Waals surface area contributed by atoms with Crippen molar-refractivity contribution in [1.29, 1.82) is 0 Å². The lowest BCUT2D eigenvalue weighted by Crippen LogP contribution is -2.33. The topological polar surface area (TPSA) is 37.7 Å². The predicted molar refractivity (Wildman–Crippen MR) is 124 cm³/mol. The summed E-state index contributed by atoms with van der Waals surface area (Å²) in [6.45, 7) is 0. The number of ether oxygens (including phenoxy) is 1. The van der Waals surface area contributed by atoms with E-state index in [-0.39, 0.29) is 6.04 Å². The van der Waals surface area contributed by atoms with Gasteiger partial charge in [0, 0.05) is 35.0 Å². The zero-order chi connectivity index (χ0) is 20.9. The Hall–Kier alpha value is -3.08. The molecule has 2 unspecified atom stereocenters. The van der Waals surface area contributed by atoms with Crippen molar-refractivity contribution in [3.8, 4) is 5.75 Å². The van der Waals surface area contributed by atoms with Gasteiger partial charge in [0.15, 0.2) is 0 Å². The van der Waals surface area contributed by atoms with Crippen LogP contribution in [0.25, 0.3) is 10.8 Å². The summed E-state index contributed by atoms with van der Waals surface area (Å²) in [4.78, 5) is 4.14. The molecule has 0 saturated heterocycles. The molecule has 4 aromatic rings. The van der Waals surface area contributed by atoms with E-state index in [9.17, 15) is 0 Å². The fourth-order valence-corrected chi connectivity index (χ4v) is 4.96. The molecule has 0 saturated carbocycles. The quantitative estimate of drug-likeness (QED) is 0.341. The van der Waals surface area contributed by atoms with E-state index in [4.69, 9.17) is 33.0 Å². The molecule has 0 bridgehead atoms. The predicted octanol–water partition coefficient (Wildman–Crippen LogP) is 6.78. The molecule has 0 spiro atoms. The molecular formula is C25H17Cl2N3O. The number of aromatic nitrogens is 1. The molecule has 3 aromatic carbocycles. The van der Waals surface area contributed by atoms with Crippen LogP contribution in [0.2, 0.25) is 10.0 Å². The first-order valence-corrected chi connectivity index (χ1v) is 10.8. The van der Waals surface area contributed by atoms with E-state index in [1.165, 1.54) is 10.8 Å². The highest BCUT2D eigenvalue weighted by atomic mass is 35.5. The number of rotatable bonds is 2. The van der Waals surface area contributed by atoms with Crippen molar-refractivity contribution < 1.29 is 4.74 Å². The molecule has 0 fully saturated rings. The molecule has 2 atom stereocenters. The van der Waals surface area contributed by atoms with E-state index in [0.29, 0.717) is 15.8 Å². The molecule has 2 aliphatic heterocycles. The number of nitrogens with zero attached hydrogens (tertiary/aromatic N) is 3. The number of pyridine rings is 1. The molecule has 31 heavy (non-hydrogen) atoms. The van der Waals surface area contributed by atoms with Gasteiger partial charge in [-0.15, -0.1) is 0 Å². The highest BCUT2D eigenvalue weighted by Gasteiger charge is 2.42. The first-order valence-electron chi connectivity index (χ1n) is 10.1. The minimum Gasteiger partial charge on any atom is -0.463 e. The Balaban J connectivity index is 1.48. The Morgan fingerprint density at radius 1 is 0.903 bits per heavy atom. The van der Waals surface area contributed by atoms with Crippen LogP contribution in [0.15, 0.2) is 84.2 Å². The summed E-state index contributed by atoms with van der Waals surface area (Å²) >= 11 is 12.9. The summed E-state index contributed by atoms with van der Waals surface area (Å²) in [5, 5.41) is 10.6. The third kappa shape index (κ3) is 3.14. The van der Waals surface area contributed by atoms with Crippen molar-refractivity contribution in [2.75, 3.05) is 0 Å². The van der Waals surface area contributed by atoms with Gasteiger partial charge in [0.25, 0.3) is 0 Å². The van der Waals surface area contributed by atoms with Crippen molar-refractivity contribution >= 4 is 39.7 Å². The lowest BCUT2D eigenvalue weighted by Gasteiger charge is -2.38. The van der Waals surface area contributed by atoms with Gasteiger partial charge in [0.1, 0.15) is 5.75 Å². The van der Waals surface area contributed by atoms with Crippen LogP contribution in [0, 0.1) is 0 Å². The summed E-state index contributed by atoms with van der Waals surface area (Å²) in [6.07, 6.45) is 3.87. The van der Waals surface area contributed by atoms with E-state index in [0.717, 1.165) is 28.8 Å². The van der Waals surface area contributed by atoms with Crippen molar-refractivity contribution in [3.63, 3.8) is 0 Å². The second-order valence-electron chi connectivity index (χ2n) is 7.77. The van der Waals surface area contributed by atoms with E-state index in [1.54, 1.807) is 18.5 Å². The lowest BCUT2D eigenvalue weighted by molar-refractivity contribution is -0.0189. The fourth-order valence-electron chi connectivity index (χ4n) is 4.41.